The molecule has 0 atom stereocenters. The first-order chi connectivity index (χ1) is 12.7. The van der Waals surface area contributed by atoms with Crippen molar-refractivity contribution in [1.82, 2.24) is 14.8 Å². The van der Waals surface area contributed by atoms with Crippen LogP contribution in [-0.4, -0.2) is 21.9 Å². The van der Waals surface area contributed by atoms with Crippen LogP contribution in [0.3, 0.4) is 0 Å². The number of hydrogen-bond acceptors (Lipinski definition) is 5. The van der Waals surface area contributed by atoms with Gasteiger partial charge in [-0.1, -0.05) is 36.0 Å². The van der Waals surface area contributed by atoms with Crippen molar-refractivity contribution in [3.05, 3.63) is 65.7 Å². The molecule has 1 aromatic heterocycles. The van der Waals surface area contributed by atoms with E-state index >= 15 is 0 Å². The molecule has 0 radical (unpaired) electrons. The summed E-state index contributed by atoms with van der Waals surface area (Å²) in [6.07, 6.45) is 0. The number of halogens is 1. The monoisotopic (exact) mass is 373 g/mol. The topological polar surface area (TPSA) is 49.2 Å². The molecular weight excluding hydrogens is 353 g/mol. The Hall–Kier alpha value is -2.54. The Morgan fingerprint density at radius 1 is 1.04 bits per heavy atom. The molecule has 0 bridgehead atoms. The van der Waals surface area contributed by atoms with Crippen molar-refractivity contribution in [3.63, 3.8) is 0 Å². The molecule has 0 aliphatic rings. The fourth-order valence-electron chi connectivity index (χ4n) is 2.46. The number of benzene rings is 2. The number of hydrogen-bond donors (Lipinski definition) is 0. The van der Waals surface area contributed by atoms with Crippen LogP contribution in [0.15, 0.2) is 53.7 Å². The van der Waals surface area contributed by atoms with Crippen LogP contribution >= 0.6 is 11.8 Å². The fourth-order valence-corrected chi connectivity index (χ4v) is 3.44. The Balaban J connectivity index is 1.66. The summed E-state index contributed by atoms with van der Waals surface area (Å²) < 4.78 is 26.2. The molecular formula is C19H20FN3O2S. The van der Waals surface area contributed by atoms with Crippen LogP contribution in [0.1, 0.15) is 18.3 Å². The number of aromatic nitrogens is 3. The fraction of sp³-hybridized carbons (Fsp3) is 0.263. The second kappa shape index (κ2) is 8.71. The van der Waals surface area contributed by atoms with E-state index in [1.165, 1.54) is 12.1 Å². The van der Waals surface area contributed by atoms with E-state index in [2.05, 4.69) is 10.2 Å². The highest BCUT2D eigenvalue weighted by atomic mass is 32.2. The van der Waals surface area contributed by atoms with E-state index in [0.29, 0.717) is 23.9 Å². The summed E-state index contributed by atoms with van der Waals surface area (Å²) in [7, 11) is 1.61. The molecule has 0 aliphatic carbocycles. The highest BCUT2D eigenvalue weighted by Gasteiger charge is 2.13. The van der Waals surface area contributed by atoms with Crippen LogP contribution in [0, 0.1) is 5.82 Å². The molecule has 0 unspecified atom stereocenters. The van der Waals surface area contributed by atoms with Gasteiger partial charge in [0.1, 0.15) is 12.4 Å². The molecule has 0 spiro atoms. The van der Waals surface area contributed by atoms with Crippen LogP contribution in [0.4, 0.5) is 4.39 Å². The lowest BCUT2D eigenvalue weighted by atomic mass is 10.2. The predicted molar refractivity (Wildman–Crippen MR) is 99.0 cm³/mol. The van der Waals surface area contributed by atoms with Gasteiger partial charge in [-0.05, 0) is 36.8 Å². The average molecular weight is 373 g/mol. The van der Waals surface area contributed by atoms with Gasteiger partial charge < -0.3 is 14.0 Å². The quantitative estimate of drug-likeness (QED) is 0.551. The number of nitrogens with zero attached hydrogens (tertiary/aromatic N) is 3. The number of rotatable bonds is 8. The van der Waals surface area contributed by atoms with Crippen molar-refractivity contribution in [2.24, 2.45) is 0 Å². The van der Waals surface area contributed by atoms with E-state index in [9.17, 15) is 4.39 Å². The molecule has 0 fully saturated rings. The Morgan fingerprint density at radius 2 is 1.77 bits per heavy atom. The van der Waals surface area contributed by atoms with Crippen molar-refractivity contribution >= 4 is 11.8 Å². The van der Waals surface area contributed by atoms with Gasteiger partial charge in [0.25, 0.3) is 0 Å². The Morgan fingerprint density at radius 3 is 2.46 bits per heavy atom. The molecule has 1 heterocycles. The van der Waals surface area contributed by atoms with E-state index in [1.807, 2.05) is 35.8 Å². The van der Waals surface area contributed by atoms with Gasteiger partial charge >= 0.3 is 0 Å². The molecule has 5 nitrogen and oxygen atoms in total. The summed E-state index contributed by atoms with van der Waals surface area (Å²) >= 11 is 1.57. The van der Waals surface area contributed by atoms with Crippen LogP contribution in [0.2, 0.25) is 0 Å². The second-order valence-corrected chi connectivity index (χ2v) is 6.44. The normalized spacial score (nSPS) is 10.7. The molecule has 0 amide bonds. The zero-order valence-electron chi connectivity index (χ0n) is 14.7. The third-order valence-corrected chi connectivity index (χ3v) is 4.85. The first kappa shape index (κ1) is 18.3. The Labute approximate surface area is 156 Å². The van der Waals surface area contributed by atoms with E-state index in [0.717, 1.165) is 23.1 Å². The Kier molecular flexibility index (Phi) is 6.12. The number of methoxy groups -OCH3 is 1. The molecule has 3 rings (SSSR count). The maximum Gasteiger partial charge on any atom is 0.191 e. The van der Waals surface area contributed by atoms with E-state index < -0.39 is 0 Å². The molecule has 26 heavy (non-hydrogen) atoms. The standard InChI is InChI=1S/C19H20FN3O2S/c1-3-23-18(12-25-17-7-5-4-6-16(17)24-2)21-22-19(23)26-13-14-8-10-15(20)11-9-14/h4-11H,3,12-13H2,1-2H3. The maximum atomic E-state index is 13.0. The summed E-state index contributed by atoms with van der Waals surface area (Å²) in [5.74, 6) is 2.57. The molecule has 136 valence electrons. The van der Waals surface area contributed by atoms with E-state index in [4.69, 9.17) is 9.47 Å². The zero-order valence-corrected chi connectivity index (χ0v) is 15.5. The zero-order chi connectivity index (χ0) is 18.4. The molecule has 3 aromatic rings. The second-order valence-electron chi connectivity index (χ2n) is 5.50. The smallest absolute Gasteiger partial charge is 0.191 e. The lowest BCUT2D eigenvalue weighted by Crippen LogP contribution is -2.07. The van der Waals surface area contributed by atoms with E-state index in [-0.39, 0.29) is 5.82 Å². The van der Waals surface area contributed by atoms with Crippen LogP contribution in [0.25, 0.3) is 0 Å². The van der Waals surface area contributed by atoms with Gasteiger partial charge in [-0.3, -0.25) is 0 Å². The lowest BCUT2D eigenvalue weighted by Gasteiger charge is -2.11. The summed E-state index contributed by atoms with van der Waals surface area (Å²) in [5, 5.41) is 9.33. The highest BCUT2D eigenvalue weighted by molar-refractivity contribution is 7.98. The SMILES string of the molecule is CCn1c(COc2ccccc2OC)nnc1SCc1ccc(F)cc1. The average Bonchev–Trinajstić information content (AvgIpc) is 3.08. The van der Waals surface area contributed by atoms with Gasteiger partial charge in [-0.2, -0.15) is 0 Å². The highest BCUT2D eigenvalue weighted by Crippen LogP contribution is 2.27. The van der Waals surface area contributed by atoms with Crippen molar-refractivity contribution in [2.75, 3.05) is 7.11 Å². The van der Waals surface area contributed by atoms with Crippen LogP contribution < -0.4 is 9.47 Å². The van der Waals surface area contributed by atoms with Crippen LogP contribution in [0.5, 0.6) is 11.5 Å². The summed E-state index contributed by atoms with van der Waals surface area (Å²) in [5.41, 5.74) is 1.04. The predicted octanol–water partition coefficient (Wildman–Crippen LogP) is 4.32. The van der Waals surface area contributed by atoms with Crippen molar-refractivity contribution in [1.29, 1.82) is 0 Å². The van der Waals surface area contributed by atoms with Gasteiger partial charge in [0.15, 0.2) is 22.5 Å². The molecule has 0 aliphatic heterocycles. The summed E-state index contributed by atoms with van der Waals surface area (Å²) in [6.45, 7) is 3.08. The summed E-state index contributed by atoms with van der Waals surface area (Å²) in [6, 6.07) is 14.0. The Bertz CT molecular complexity index is 852. The van der Waals surface area contributed by atoms with Gasteiger partial charge in [0, 0.05) is 12.3 Å². The number of para-hydroxylation sites is 2. The lowest BCUT2D eigenvalue weighted by molar-refractivity contribution is 0.270. The third-order valence-electron chi connectivity index (χ3n) is 3.82. The van der Waals surface area contributed by atoms with Gasteiger partial charge in [0.2, 0.25) is 0 Å². The number of ether oxygens (including phenoxy) is 2. The van der Waals surface area contributed by atoms with Gasteiger partial charge in [-0.25, -0.2) is 4.39 Å². The van der Waals surface area contributed by atoms with E-state index in [1.54, 1.807) is 31.0 Å². The third kappa shape index (κ3) is 4.35. The van der Waals surface area contributed by atoms with Crippen molar-refractivity contribution in [3.8, 4) is 11.5 Å². The van der Waals surface area contributed by atoms with Crippen molar-refractivity contribution in [2.45, 2.75) is 31.0 Å². The first-order valence-electron chi connectivity index (χ1n) is 8.26. The van der Waals surface area contributed by atoms with Crippen molar-refractivity contribution < 1.29 is 13.9 Å². The maximum absolute atomic E-state index is 13.0. The minimum Gasteiger partial charge on any atom is -0.493 e. The van der Waals surface area contributed by atoms with Gasteiger partial charge in [-0.15, -0.1) is 10.2 Å². The molecule has 0 saturated carbocycles. The van der Waals surface area contributed by atoms with Crippen LogP contribution in [-0.2, 0) is 18.9 Å². The minimum atomic E-state index is -0.230. The van der Waals surface area contributed by atoms with Gasteiger partial charge in [0.05, 0.1) is 7.11 Å². The number of thioether (sulfide) groups is 1. The molecule has 2 aromatic carbocycles. The minimum absolute atomic E-state index is 0.230. The molecule has 0 saturated heterocycles. The molecule has 7 heteroatoms. The largest absolute Gasteiger partial charge is 0.493 e. The summed E-state index contributed by atoms with van der Waals surface area (Å²) in [4.78, 5) is 0. The first-order valence-corrected chi connectivity index (χ1v) is 9.25. The molecule has 0 N–H and O–H groups in total.